The van der Waals surface area contributed by atoms with Crippen molar-refractivity contribution in [3.05, 3.63) is 64.7 Å². The van der Waals surface area contributed by atoms with E-state index in [1.165, 1.54) is 11.1 Å². The van der Waals surface area contributed by atoms with Gasteiger partial charge in [-0.1, -0.05) is 30.3 Å². The summed E-state index contributed by atoms with van der Waals surface area (Å²) in [5.41, 5.74) is 4.71. The van der Waals surface area contributed by atoms with E-state index in [0.29, 0.717) is 24.3 Å². The lowest BCUT2D eigenvalue weighted by Crippen LogP contribution is -2.39. The van der Waals surface area contributed by atoms with E-state index in [4.69, 9.17) is 5.26 Å². The number of nitrogens with one attached hydrogen (secondary N) is 1. The van der Waals surface area contributed by atoms with Crippen molar-refractivity contribution in [2.75, 3.05) is 11.9 Å². The summed E-state index contributed by atoms with van der Waals surface area (Å²) < 4.78 is 0. The molecule has 0 aliphatic carbocycles. The van der Waals surface area contributed by atoms with Crippen molar-refractivity contribution in [1.82, 2.24) is 4.90 Å². The topological polar surface area (TPSA) is 56.1 Å². The van der Waals surface area contributed by atoms with E-state index in [0.717, 1.165) is 12.0 Å². The minimum Gasteiger partial charge on any atom is -0.320 e. The van der Waals surface area contributed by atoms with Gasteiger partial charge in [-0.25, -0.2) is 4.79 Å². The second kappa shape index (κ2) is 5.90. The molecule has 0 atom stereocenters. The fourth-order valence-corrected chi connectivity index (χ4v) is 2.69. The van der Waals surface area contributed by atoms with Crippen LogP contribution in [-0.4, -0.2) is 17.5 Å². The van der Waals surface area contributed by atoms with E-state index >= 15 is 0 Å². The summed E-state index contributed by atoms with van der Waals surface area (Å²) in [5.74, 6) is 0. The Morgan fingerprint density at radius 1 is 1.23 bits per heavy atom. The highest BCUT2D eigenvalue weighted by molar-refractivity contribution is 5.90. The summed E-state index contributed by atoms with van der Waals surface area (Å²) in [7, 11) is 0. The van der Waals surface area contributed by atoms with Crippen molar-refractivity contribution in [2.24, 2.45) is 0 Å². The van der Waals surface area contributed by atoms with E-state index < -0.39 is 0 Å². The molecule has 22 heavy (non-hydrogen) atoms. The molecule has 0 aromatic heterocycles. The van der Waals surface area contributed by atoms with E-state index in [-0.39, 0.29) is 6.03 Å². The number of carbonyl (C=O) groups excluding carboxylic acids is 1. The molecule has 0 unspecified atom stereocenters. The molecule has 1 aliphatic rings. The Bertz CT molecular complexity index is 761. The average Bonchev–Trinajstić information content (AvgIpc) is 2.56. The Kier molecular flexibility index (Phi) is 3.80. The third-order valence-corrected chi connectivity index (χ3v) is 4.03. The Morgan fingerprint density at radius 3 is 2.77 bits per heavy atom. The largest absolute Gasteiger partial charge is 0.322 e. The van der Waals surface area contributed by atoms with Gasteiger partial charge in [-0.2, -0.15) is 5.26 Å². The molecule has 0 bridgehead atoms. The molecule has 0 fully saturated rings. The summed E-state index contributed by atoms with van der Waals surface area (Å²) >= 11 is 0. The van der Waals surface area contributed by atoms with Crippen LogP contribution in [0.4, 0.5) is 10.5 Å². The van der Waals surface area contributed by atoms with E-state index in [1.807, 2.05) is 25.1 Å². The Morgan fingerprint density at radius 2 is 2.00 bits per heavy atom. The SMILES string of the molecule is Cc1ccc(C#N)cc1NC(=O)N1CCc2ccccc2C1. The number of carbonyl (C=O) groups is 1. The predicted molar refractivity (Wildman–Crippen MR) is 85.5 cm³/mol. The first kappa shape index (κ1) is 14.2. The van der Waals surface area contributed by atoms with Gasteiger partial charge in [-0.3, -0.25) is 0 Å². The van der Waals surface area contributed by atoms with Crippen molar-refractivity contribution in [3.8, 4) is 6.07 Å². The summed E-state index contributed by atoms with van der Waals surface area (Å²) in [6.07, 6.45) is 0.876. The third kappa shape index (κ3) is 2.79. The number of urea groups is 1. The molecule has 1 aliphatic heterocycles. The molecule has 4 heteroatoms. The normalized spacial score (nSPS) is 13.2. The fraction of sp³-hybridized carbons (Fsp3) is 0.222. The zero-order chi connectivity index (χ0) is 15.5. The van der Waals surface area contributed by atoms with Gasteiger partial charge in [0.05, 0.1) is 11.6 Å². The predicted octanol–water partition coefficient (Wildman–Crippen LogP) is 3.46. The molecule has 3 rings (SSSR count). The van der Waals surface area contributed by atoms with Crippen molar-refractivity contribution in [1.29, 1.82) is 5.26 Å². The summed E-state index contributed by atoms with van der Waals surface area (Å²) in [6.45, 7) is 3.25. The molecule has 0 spiro atoms. The van der Waals surface area contributed by atoms with Crippen molar-refractivity contribution < 1.29 is 4.79 Å². The number of benzene rings is 2. The van der Waals surface area contributed by atoms with Gasteiger partial charge in [-0.15, -0.1) is 0 Å². The number of anilines is 1. The molecule has 0 saturated carbocycles. The number of aryl methyl sites for hydroxylation is 1. The van der Waals surface area contributed by atoms with E-state index in [2.05, 4.69) is 23.5 Å². The van der Waals surface area contributed by atoms with Crippen LogP contribution >= 0.6 is 0 Å². The molecule has 2 amide bonds. The Labute approximate surface area is 130 Å². The van der Waals surface area contributed by atoms with Gasteiger partial charge in [0.1, 0.15) is 0 Å². The van der Waals surface area contributed by atoms with Crippen molar-refractivity contribution in [3.63, 3.8) is 0 Å². The first-order chi connectivity index (χ1) is 10.7. The van der Waals surface area contributed by atoms with Crippen molar-refractivity contribution in [2.45, 2.75) is 19.9 Å². The van der Waals surface area contributed by atoms with Crippen LogP contribution < -0.4 is 5.32 Å². The molecule has 110 valence electrons. The fourth-order valence-electron chi connectivity index (χ4n) is 2.69. The smallest absolute Gasteiger partial charge is 0.320 e. The second-order valence-corrected chi connectivity index (χ2v) is 5.51. The molecular formula is C18H17N3O. The van der Waals surface area contributed by atoms with Crippen molar-refractivity contribution >= 4 is 11.7 Å². The maximum Gasteiger partial charge on any atom is 0.322 e. The molecule has 1 heterocycles. The van der Waals surface area contributed by atoms with Gasteiger partial charge in [0.25, 0.3) is 0 Å². The highest BCUT2D eigenvalue weighted by Crippen LogP contribution is 2.21. The van der Waals surface area contributed by atoms with Gasteiger partial charge in [0.2, 0.25) is 0 Å². The zero-order valence-corrected chi connectivity index (χ0v) is 12.5. The molecule has 2 aromatic rings. The minimum atomic E-state index is -0.118. The number of rotatable bonds is 1. The quantitative estimate of drug-likeness (QED) is 0.874. The lowest BCUT2D eigenvalue weighted by atomic mass is 10.0. The highest BCUT2D eigenvalue weighted by Gasteiger charge is 2.20. The number of fused-ring (bicyclic) bond motifs is 1. The number of amides is 2. The standard InChI is InChI=1S/C18H17N3O/c1-13-6-7-14(11-19)10-17(13)20-18(22)21-9-8-15-4-2-3-5-16(15)12-21/h2-7,10H,8-9,12H2,1H3,(H,20,22). The van der Waals surface area contributed by atoms with Crippen LogP contribution in [0.3, 0.4) is 0 Å². The van der Waals surface area contributed by atoms with Gasteiger partial charge >= 0.3 is 6.03 Å². The van der Waals surface area contributed by atoms with Crippen LogP contribution in [0.1, 0.15) is 22.3 Å². The summed E-state index contributed by atoms with van der Waals surface area (Å²) in [6, 6.07) is 15.5. The van der Waals surface area contributed by atoms with Crippen LogP contribution in [0.5, 0.6) is 0 Å². The molecule has 4 nitrogen and oxygen atoms in total. The van der Waals surface area contributed by atoms with Crippen LogP contribution in [0.2, 0.25) is 0 Å². The first-order valence-electron chi connectivity index (χ1n) is 7.31. The summed E-state index contributed by atoms with van der Waals surface area (Å²) in [4.78, 5) is 14.3. The highest BCUT2D eigenvalue weighted by atomic mass is 16.2. The Hall–Kier alpha value is -2.80. The van der Waals surface area contributed by atoms with E-state index in [1.54, 1.807) is 17.0 Å². The van der Waals surface area contributed by atoms with Gasteiger partial charge < -0.3 is 10.2 Å². The average molecular weight is 291 g/mol. The number of hydrogen-bond donors (Lipinski definition) is 1. The Balaban J connectivity index is 1.75. The lowest BCUT2D eigenvalue weighted by molar-refractivity contribution is 0.206. The second-order valence-electron chi connectivity index (χ2n) is 5.51. The number of hydrogen-bond acceptors (Lipinski definition) is 2. The van der Waals surface area contributed by atoms with Gasteiger partial charge in [0.15, 0.2) is 0 Å². The third-order valence-electron chi connectivity index (χ3n) is 4.03. The lowest BCUT2D eigenvalue weighted by Gasteiger charge is -2.29. The van der Waals surface area contributed by atoms with Gasteiger partial charge in [-0.05, 0) is 42.2 Å². The molecule has 1 N–H and O–H groups in total. The number of nitrogens with zero attached hydrogens (tertiary/aromatic N) is 2. The first-order valence-corrected chi connectivity index (χ1v) is 7.31. The summed E-state index contributed by atoms with van der Waals surface area (Å²) in [5, 5.41) is 11.9. The minimum absolute atomic E-state index is 0.118. The van der Waals surface area contributed by atoms with Crippen LogP contribution in [-0.2, 0) is 13.0 Å². The van der Waals surface area contributed by atoms with Crippen LogP contribution in [0.15, 0.2) is 42.5 Å². The monoisotopic (exact) mass is 291 g/mol. The van der Waals surface area contributed by atoms with Gasteiger partial charge in [0, 0.05) is 18.8 Å². The molecule has 0 radical (unpaired) electrons. The molecule has 0 saturated heterocycles. The van der Waals surface area contributed by atoms with E-state index in [9.17, 15) is 4.79 Å². The van der Waals surface area contributed by atoms with Crippen LogP contribution in [0, 0.1) is 18.3 Å². The molecule has 2 aromatic carbocycles. The number of nitriles is 1. The zero-order valence-electron chi connectivity index (χ0n) is 12.5. The van der Waals surface area contributed by atoms with Crippen LogP contribution in [0.25, 0.3) is 0 Å². The maximum atomic E-state index is 12.5. The molecular weight excluding hydrogens is 274 g/mol. The maximum absolute atomic E-state index is 12.5.